The van der Waals surface area contributed by atoms with Crippen molar-refractivity contribution in [1.29, 1.82) is 0 Å². The fourth-order valence-corrected chi connectivity index (χ4v) is 3.98. The van der Waals surface area contributed by atoms with Crippen LogP contribution in [0.1, 0.15) is 37.8 Å². The molecule has 110 valence electrons. The number of thioether (sulfide) groups is 1. The van der Waals surface area contributed by atoms with E-state index in [0.29, 0.717) is 19.3 Å². The van der Waals surface area contributed by atoms with Crippen LogP contribution in [0.25, 0.3) is 0 Å². The van der Waals surface area contributed by atoms with E-state index in [-0.39, 0.29) is 0 Å². The molecule has 1 N–H and O–H groups in total. The molecule has 0 saturated carbocycles. The number of ether oxygens (including phenoxy) is 2. The topological polar surface area (TPSA) is 30.5 Å². The van der Waals surface area contributed by atoms with Gasteiger partial charge in [0.15, 0.2) is 11.5 Å². The van der Waals surface area contributed by atoms with Crippen molar-refractivity contribution in [2.24, 2.45) is 0 Å². The highest BCUT2D eigenvalue weighted by Crippen LogP contribution is 2.32. The molecule has 3 rings (SSSR count). The van der Waals surface area contributed by atoms with Crippen molar-refractivity contribution >= 4 is 11.8 Å². The Hall–Kier alpha value is -0.870. The highest BCUT2D eigenvalue weighted by molar-refractivity contribution is 7.99. The zero-order chi connectivity index (χ0) is 13.8. The first kappa shape index (κ1) is 14.1. The van der Waals surface area contributed by atoms with Gasteiger partial charge in [0.25, 0.3) is 0 Å². The number of fused-ring (bicyclic) bond motifs is 1. The maximum absolute atomic E-state index is 5.65. The summed E-state index contributed by atoms with van der Waals surface area (Å²) in [6.45, 7) is 4.62. The van der Waals surface area contributed by atoms with E-state index in [1.165, 1.54) is 30.6 Å². The summed E-state index contributed by atoms with van der Waals surface area (Å²) < 4.78 is 11.2. The van der Waals surface area contributed by atoms with Crippen LogP contribution in [0.4, 0.5) is 0 Å². The van der Waals surface area contributed by atoms with Crippen LogP contribution in [-0.2, 0) is 0 Å². The van der Waals surface area contributed by atoms with Gasteiger partial charge in [-0.15, -0.1) is 0 Å². The Morgan fingerprint density at radius 1 is 1.25 bits per heavy atom. The molecule has 1 aromatic rings. The fraction of sp³-hybridized carbons (Fsp3) is 0.625. The Bertz CT molecular complexity index is 446. The van der Waals surface area contributed by atoms with Gasteiger partial charge in [-0.25, -0.2) is 0 Å². The number of rotatable bonds is 4. The fourth-order valence-electron chi connectivity index (χ4n) is 2.72. The van der Waals surface area contributed by atoms with Crippen LogP contribution < -0.4 is 14.8 Å². The number of nitrogens with one attached hydrogen (secondary N) is 1. The third-order valence-corrected chi connectivity index (χ3v) is 5.39. The van der Waals surface area contributed by atoms with Gasteiger partial charge in [0, 0.05) is 17.8 Å². The molecule has 20 heavy (non-hydrogen) atoms. The monoisotopic (exact) mass is 293 g/mol. The average molecular weight is 293 g/mol. The predicted octanol–water partition coefficient (Wildman–Crippen LogP) is 3.39. The highest BCUT2D eigenvalue weighted by Gasteiger charge is 2.17. The Kier molecular flexibility index (Phi) is 4.73. The summed E-state index contributed by atoms with van der Waals surface area (Å²) in [5.41, 5.74) is 1.27. The number of hydrogen-bond donors (Lipinski definition) is 1. The van der Waals surface area contributed by atoms with Gasteiger partial charge < -0.3 is 14.8 Å². The molecule has 2 atom stereocenters. The van der Waals surface area contributed by atoms with Crippen LogP contribution in [-0.4, -0.2) is 30.8 Å². The van der Waals surface area contributed by atoms with E-state index in [2.05, 4.69) is 36.1 Å². The standard InChI is InChI=1S/C16H23NO2S/c1-12(17-11-14-4-2-3-9-20-14)13-5-6-15-16(10-13)19-8-7-18-15/h5-6,10,12,14,17H,2-4,7-9,11H2,1H3. The minimum atomic E-state index is 0.355. The normalized spacial score (nSPS) is 23.4. The molecule has 1 aromatic carbocycles. The third kappa shape index (κ3) is 3.41. The molecule has 3 nitrogen and oxygen atoms in total. The summed E-state index contributed by atoms with van der Waals surface area (Å²) in [7, 11) is 0. The van der Waals surface area contributed by atoms with Crippen LogP contribution in [0, 0.1) is 0 Å². The van der Waals surface area contributed by atoms with Crippen molar-refractivity contribution in [1.82, 2.24) is 5.32 Å². The van der Waals surface area contributed by atoms with E-state index in [0.717, 1.165) is 23.3 Å². The van der Waals surface area contributed by atoms with Gasteiger partial charge in [-0.05, 0) is 43.2 Å². The summed E-state index contributed by atoms with van der Waals surface area (Å²) in [5, 5.41) is 4.44. The maximum atomic E-state index is 5.65. The summed E-state index contributed by atoms with van der Waals surface area (Å²) in [6, 6.07) is 6.63. The van der Waals surface area contributed by atoms with Gasteiger partial charge in [-0.1, -0.05) is 12.5 Å². The number of hydrogen-bond acceptors (Lipinski definition) is 4. The molecule has 0 bridgehead atoms. The number of benzene rings is 1. The molecular formula is C16H23NO2S. The van der Waals surface area contributed by atoms with Crippen LogP contribution in [0.5, 0.6) is 11.5 Å². The molecule has 0 aliphatic carbocycles. The van der Waals surface area contributed by atoms with E-state index < -0.39 is 0 Å². The molecule has 1 fully saturated rings. The minimum Gasteiger partial charge on any atom is -0.486 e. The van der Waals surface area contributed by atoms with Gasteiger partial charge in [0.05, 0.1) is 0 Å². The van der Waals surface area contributed by atoms with Crippen LogP contribution in [0.15, 0.2) is 18.2 Å². The van der Waals surface area contributed by atoms with Crippen LogP contribution in [0.3, 0.4) is 0 Å². The van der Waals surface area contributed by atoms with Crippen LogP contribution in [0.2, 0.25) is 0 Å². The van der Waals surface area contributed by atoms with Gasteiger partial charge in [0.1, 0.15) is 13.2 Å². The molecule has 2 aliphatic rings. The molecule has 2 heterocycles. The second-order valence-electron chi connectivity index (χ2n) is 5.52. The van der Waals surface area contributed by atoms with Gasteiger partial charge in [-0.2, -0.15) is 11.8 Å². The molecule has 2 unspecified atom stereocenters. The van der Waals surface area contributed by atoms with E-state index in [9.17, 15) is 0 Å². The first-order chi connectivity index (χ1) is 9.83. The quantitative estimate of drug-likeness (QED) is 0.922. The largest absolute Gasteiger partial charge is 0.486 e. The lowest BCUT2D eigenvalue weighted by atomic mass is 10.1. The van der Waals surface area contributed by atoms with Gasteiger partial charge in [-0.3, -0.25) is 0 Å². The Morgan fingerprint density at radius 3 is 2.90 bits per heavy atom. The summed E-state index contributed by atoms with van der Waals surface area (Å²) in [5.74, 6) is 3.08. The van der Waals surface area contributed by atoms with Gasteiger partial charge in [0.2, 0.25) is 0 Å². The van der Waals surface area contributed by atoms with E-state index >= 15 is 0 Å². The molecule has 0 amide bonds. The Balaban J connectivity index is 1.57. The van der Waals surface area contributed by atoms with Crippen molar-refractivity contribution in [3.8, 4) is 11.5 Å². The highest BCUT2D eigenvalue weighted by atomic mass is 32.2. The summed E-state index contributed by atoms with van der Waals surface area (Å²) >= 11 is 2.12. The predicted molar refractivity (Wildman–Crippen MR) is 83.9 cm³/mol. The minimum absolute atomic E-state index is 0.355. The molecule has 0 radical (unpaired) electrons. The second-order valence-corrected chi connectivity index (χ2v) is 6.93. The molecule has 0 spiro atoms. The average Bonchev–Trinajstić information content (AvgIpc) is 2.53. The lowest BCUT2D eigenvalue weighted by Gasteiger charge is -2.25. The van der Waals surface area contributed by atoms with E-state index in [1.54, 1.807) is 0 Å². The molecule has 1 saturated heterocycles. The maximum Gasteiger partial charge on any atom is 0.161 e. The van der Waals surface area contributed by atoms with Crippen LogP contribution >= 0.6 is 11.8 Å². The molecule has 4 heteroatoms. The first-order valence-corrected chi connectivity index (χ1v) is 8.62. The Labute approximate surface area is 125 Å². The lowest BCUT2D eigenvalue weighted by Crippen LogP contribution is -2.29. The van der Waals surface area contributed by atoms with Crippen molar-refractivity contribution in [3.05, 3.63) is 23.8 Å². The second kappa shape index (κ2) is 6.72. The first-order valence-electron chi connectivity index (χ1n) is 7.57. The molecule has 2 aliphatic heterocycles. The van der Waals surface area contributed by atoms with Crippen molar-refractivity contribution in [2.75, 3.05) is 25.5 Å². The lowest BCUT2D eigenvalue weighted by molar-refractivity contribution is 0.171. The summed E-state index contributed by atoms with van der Waals surface area (Å²) in [6.07, 6.45) is 4.13. The molecular weight excluding hydrogens is 270 g/mol. The van der Waals surface area contributed by atoms with E-state index in [1.807, 2.05) is 6.07 Å². The Morgan fingerprint density at radius 2 is 2.10 bits per heavy atom. The smallest absolute Gasteiger partial charge is 0.161 e. The zero-order valence-corrected chi connectivity index (χ0v) is 12.9. The van der Waals surface area contributed by atoms with Crippen molar-refractivity contribution in [3.63, 3.8) is 0 Å². The van der Waals surface area contributed by atoms with Crippen molar-refractivity contribution in [2.45, 2.75) is 37.5 Å². The SMILES string of the molecule is CC(NCC1CCCCS1)c1ccc2c(c1)OCCO2. The van der Waals surface area contributed by atoms with Gasteiger partial charge >= 0.3 is 0 Å². The molecule has 0 aromatic heterocycles. The van der Waals surface area contributed by atoms with E-state index in [4.69, 9.17) is 9.47 Å². The third-order valence-electron chi connectivity index (χ3n) is 3.99. The summed E-state index contributed by atoms with van der Waals surface area (Å²) in [4.78, 5) is 0. The zero-order valence-electron chi connectivity index (χ0n) is 12.1. The van der Waals surface area contributed by atoms with Crippen molar-refractivity contribution < 1.29 is 9.47 Å².